The fraction of sp³-hybridized carbons (Fsp3) is 0.900. The predicted octanol–water partition coefficient (Wildman–Crippen LogP) is 0.948. The van der Waals surface area contributed by atoms with Crippen LogP contribution in [-0.4, -0.2) is 29.5 Å². The van der Waals surface area contributed by atoms with E-state index < -0.39 is 0 Å². The lowest BCUT2D eigenvalue weighted by molar-refractivity contribution is 0.323. The van der Waals surface area contributed by atoms with Crippen molar-refractivity contribution < 1.29 is 0 Å². The second kappa shape index (κ2) is 2.63. The minimum Gasteiger partial charge on any atom is -0.370 e. The summed E-state index contributed by atoms with van der Waals surface area (Å²) in [4.78, 5) is 6.85. The SMILES string of the molecule is NC(=NC1CC1)N1CC2CCC1C2. The molecule has 2 N–H and O–H groups in total. The molecule has 1 heterocycles. The zero-order chi connectivity index (χ0) is 8.84. The van der Waals surface area contributed by atoms with E-state index in [2.05, 4.69) is 9.89 Å². The van der Waals surface area contributed by atoms with Crippen molar-refractivity contribution in [3.63, 3.8) is 0 Å². The van der Waals surface area contributed by atoms with Crippen LogP contribution in [0.15, 0.2) is 4.99 Å². The van der Waals surface area contributed by atoms with Gasteiger partial charge < -0.3 is 10.6 Å². The molecule has 3 fully saturated rings. The molecule has 2 aliphatic carbocycles. The number of hydrogen-bond donors (Lipinski definition) is 1. The quantitative estimate of drug-likeness (QED) is 0.481. The summed E-state index contributed by atoms with van der Waals surface area (Å²) in [7, 11) is 0. The first-order chi connectivity index (χ1) is 6.33. The van der Waals surface area contributed by atoms with Gasteiger partial charge in [-0.15, -0.1) is 0 Å². The van der Waals surface area contributed by atoms with Crippen LogP contribution in [-0.2, 0) is 0 Å². The number of fused-ring (bicyclic) bond motifs is 2. The topological polar surface area (TPSA) is 41.6 Å². The van der Waals surface area contributed by atoms with Crippen molar-refractivity contribution in [2.45, 2.75) is 44.2 Å². The molecule has 2 atom stereocenters. The average Bonchev–Trinajstić information content (AvgIpc) is 2.71. The highest BCUT2D eigenvalue weighted by molar-refractivity contribution is 5.79. The van der Waals surface area contributed by atoms with Gasteiger partial charge in [-0.1, -0.05) is 0 Å². The van der Waals surface area contributed by atoms with Gasteiger partial charge in [-0.2, -0.15) is 0 Å². The fourth-order valence-corrected chi connectivity index (χ4v) is 2.67. The van der Waals surface area contributed by atoms with Gasteiger partial charge in [0.15, 0.2) is 5.96 Å². The van der Waals surface area contributed by atoms with E-state index in [4.69, 9.17) is 5.73 Å². The Morgan fingerprint density at radius 2 is 2.08 bits per heavy atom. The average molecular weight is 179 g/mol. The van der Waals surface area contributed by atoms with Gasteiger partial charge in [0.05, 0.1) is 6.04 Å². The number of rotatable bonds is 1. The molecule has 2 bridgehead atoms. The minimum atomic E-state index is 0.569. The number of nitrogens with zero attached hydrogens (tertiary/aromatic N) is 2. The van der Waals surface area contributed by atoms with Crippen molar-refractivity contribution in [3.05, 3.63) is 0 Å². The highest BCUT2D eigenvalue weighted by Gasteiger charge is 2.39. The monoisotopic (exact) mass is 179 g/mol. The van der Waals surface area contributed by atoms with Gasteiger partial charge in [-0.3, -0.25) is 0 Å². The Kier molecular flexibility index (Phi) is 1.55. The zero-order valence-corrected chi connectivity index (χ0v) is 7.95. The lowest BCUT2D eigenvalue weighted by Crippen LogP contribution is -2.42. The Hall–Kier alpha value is -0.730. The Bertz CT molecular complexity index is 245. The molecule has 0 aromatic carbocycles. The van der Waals surface area contributed by atoms with Crippen LogP contribution in [0.25, 0.3) is 0 Å². The molecule has 3 aliphatic rings. The predicted molar refractivity (Wildman–Crippen MR) is 52.5 cm³/mol. The number of aliphatic imine (C=N–C) groups is 1. The van der Waals surface area contributed by atoms with Crippen molar-refractivity contribution in [3.8, 4) is 0 Å². The number of nitrogens with two attached hydrogens (primary N) is 1. The van der Waals surface area contributed by atoms with Gasteiger partial charge in [-0.25, -0.2) is 4.99 Å². The Morgan fingerprint density at radius 3 is 2.62 bits per heavy atom. The van der Waals surface area contributed by atoms with Crippen LogP contribution >= 0.6 is 0 Å². The standard InChI is InChI=1S/C10H17N3/c11-10(12-8-2-3-8)13-6-7-1-4-9(13)5-7/h7-9H,1-6H2,(H2,11,12). The van der Waals surface area contributed by atoms with Crippen LogP contribution in [0.2, 0.25) is 0 Å². The molecule has 0 aromatic rings. The minimum absolute atomic E-state index is 0.569. The second-order valence-corrected chi connectivity index (χ2v) is 4.70. The third-order valence-electron chi connectivity index (χ3n) is 3.57. The second-order valence-electron chi connectivity index (χ2n) is 4.70. The van der Waals surface area contributed by atoms with Crippen molar-refractivity contribution in [1.82, 2.24) is 4.90 Å². The highest BCUT2D eigenvalue weighted by atomic mass is 15.3. The van der Waals surface area contributed by atoms with E-state index >= 15 is 0 Å². The van der Waals surface area contributed by atoms with Crippen LogP contribution in [0.5, 0.6) is 0 Å². The van der Waals surface area contributed by atoms with Gasteiger partial charge in [0, 0.05) is 12.6 Å². The maximum atomic E-state index is 5.98. The Balaban J connectivity index is 1.71. The molecular weight excluding hydrogens is 162 g/mol. The molecule has 1 saturated heterocycles. The van der Waals surface area contributed by atoms with Crippen molar-refractivity contribution in [2.24, 2.45) is 16.6 Å². The fourth-order valence-electron chi connectivity index (χ4n) is 2.67. The van der Waals surface area contributed by atoms with Crippen LogP contribution < -0.4 is 5.73 Å². The third kappa shape index (κ3) is 1.30. The molecule has 3 rings (SSSR count). The Morgan fingerprint density at radius 1 is 1.23 bits per heavy atom. The van der Waals surface area contributed by atoms with E-state index in [0.717, 1.165) is 17.9 Å². The molecule has 2 saturated carbocycles. The first kappa shape index (κ1) is 7.65. The van der Waals surface area contributed by atoms with Gasteiger partial charge >= 0.3 is 0 Å². The van der Waals surface area contributed by atoms with Gasteiger partial charge in [0.1, 0.15) is 0 Å². The summed E-state index contributed by atoms with van der Waals surface area (Å²) in [5.41, 5.74) is 5.98. The molecule has 0 aromatic heterocycles. The maximum Gasteiger partial charge on any atom is 0.191 e. The number of piperidine rings is 1. The molecule has 3 heteroatoms. The lowest BCUT2D eigenvalue weighted by Gasteiger charge is -2.27. The van der Waals surface area contributed by atoms with E-state index in [1.165, 1.54) is 38.6 Å². The van der Waals surface area contributed by atoms with Crippen LogP contribution in [0.3, 0.4) is 0 Å². The summed E-state index contributed by atoms with van der Waals surface area (Å²) in [6, 6.07) is 1.30. The molecule has 1 aliphatic heterocycles. The normalized spacial score (nSPS) is 38.8. The smallest absolute Gasteiger partial charge is 0.191 e. The summed E-state index contributed by atoms with van der Waals surface area (Å²) >= 11 is 0. The lowest BCUT2D eigenvalue weighted by atomic mass is 10.1. The summed E-state index contributed by atoms with van der Waals surface area (Å²) in [5.74, 6) is 1.74. The number of likely N-dealkylation sites (tertiary alicyclic amines) is 1. The molecule has 0 radical (unpaired) electrons. The number of guanidine groups is 1. The molecule has 0 amide bonds. The molecule has 0 spiro atoms. The Labute approximate surface area is 79.0 Å². The summed E-state index contributed by atoms with van der Waals surface area (Å²) in [6.07, 6.45) is 6.62. The van der Waals surface area contributed by atoms with Crippen molar-refractivity contribution in [2.75, 3.05) is 6.54 Å². The maximum absolute atomic E-state index is 5.98. The van der Waals surface area contributed by atoms with Gasteiger partial charge in [0.25, 0.3) is 0 Å². The first-order valence-corrected chi connectivity index (χ1v) is 5.43. The molecule has 13 heavy (non-hydrogen) atoms. The highest BCUT2D eigenvalue weighted by Crippen LogP contribution is 2.37. The first-order valence-electron chi connectivity index (χ1n) is 5.43. The molecular formula is C10H17N3. The van der Waals surface area contributed by atoms with E-state index in [9.17, 15) is 0 Å². The molecule has 2 unspecified atom stereocenters. The van der Waals surface area contributed by atoms with Crippen LogP contribution in [0.1, 0.15) is 32.1 Å². The summed E-state index contributed by atoms with van der Waals surface area (Å²) < 4.78 is 0. The van der Waals surface area contributed by atoms with Gasteiger partial charge in [0.2, 0.25) is 0 Å². The van der Waals surface area contributed by atoms with E-state index in [1.807, 2.05) is 0 Å². The third-order valence-corrected chi connectivity index (χ3v) is 3.57. The van der Waals surface area contributed by atoms with Gasteiger partial charge in [-0.05, 0) is 38.0 Å². The van der Waals surface area contributed by atoms with E-state index in [-0.39, 0.29) is 0 Å². The number of hydrogen-bond acceptors (Lipinski definition) is 1. The summed E-state index contributed by atoms with van der Waals surface area (Å²) in [5, 5.41) is 0. The molecule has 3 nitrogen and oxygen atoms in total. The van der Waals surface area contributed by atoms with Crippen molar-refractivity contribution >= 4 is 5.96 Å². The van der Waals surface area contributed by atoms with Crippen LogP contribution in [0.4, 0.5) is 0 Å². The van der Waals surface area contributed by atoms with E-state index in [0.29, 0.717) is 6.04 Å². The molecule has 72 valence electrons. The van der Waals surface area contributed by atoms with Crippen molar-refractivity contribution in [1.29, 1.82) is 0 Å². The van der Waals surface area contributed by atoms with E-state index in [1.54, 1.807) is 0 Å². The van der Waals surface area contributed by atoms with Crippen LogP contribution in [0, 0.1) is 5.92 Å². The largest absolute Gasteiger partial charge is 0.370 e. The summed E-state index contributed by atoms with van der Waals surface area (Å²) in [6.45, 7) is 1.17. The zero-order valence-electron chi connectivity index (χ0n) is 7.95.